The lowest BCUT2D eigenvalue weighted by molar-refractivity contribution is -0.114. The molecule has 4 nitrogen and oxygen atoms in total. The number of carbonyl (C=O) groups excluding carboxylic acids is 1. The molecule has 180 valence electrons. The molecule has 1 aliphatic rings. The molecule has 35 heavy (non-hydrogen) atoms. The van der Waals surface area contributed by atoms with Crippen molar-refractivity contribution in [3.8, 4) is 16.9 Å². The molecule has 0 saturated carbocycles. The molecule has 1 aliphatic carbocycles. The smallest absolute Gasteiger partial charge is 0.215 e. The average molecular weight is 549 g/mol. The fourth-order valence-electron chi connectivity index (χ4n) is 3.92. The van der Waals surface area contributed by atoms with Crippen molar-refractivity contribution in [3.05, 3.63) is 92.5 Å². The Kier molecular flexibility index (Phi) is 6.98. The SMILES string of the molecule is CC(C)(C)C1=CC(=N/N=c2/scc(-c3ccc(Br)cc3)n2-c2ccccc2)C=C(C(C)(C)C)C1=O. The lowest BCUT2D eigenvalue weighted by Gasteiger charge is -2.30. The van der Waals surface area contributed by atoms with E-state index in [2.05, 4.69) is 102 Å². The summed E-state index contributed by atoms with van der Waals surface area (Å²) in [6.07, 6.45) is 3.77. The summed E-state index contributed by atoms with van der Waals surface area (Å²) in [6, 6.07) is 18.4. The van der Waals surface area contributed by atoms with E-state index in [1.165, 1.54) is 0 Å². The van der Waals surface area contributed by atoms with E-state index in [-0.39, 0.29) is 16.6 Å². The van der Waals surface area contributed by atoms with Crippen LogP contribution in [0.5, 0.6) is 0 Å². The van der Waals surface area contributed by atoms with Crippen LogP contribution in [0.1, 0.15) is 41.5 Å². The Bertz CT molecular complexity index is 1370. The minimum Gasteiger partial charge on any atom is -0.289 e. The molecule has 0 unspecified atom stereocenters. The predicted octanol–water partition coefficient (Wildman–Crippen LogP) is 7.75. The number of rotatable bonds is 3. The highest BCUT2D eigenvalue weighted by molar-refractivity contribution is 9.10. The van der Waals surface area contributed by atoms with Crippen LogP contribution in [0.4, 0.5) is 0 Å². The molecule has 0 amide bonds. The summed E-state index contributed by atoms with van der Waals surface area (Å²) in [5.74, 6) is 0.0944. The molecule has 0 spiro atoms. The van der Waals surface area contributed by atoms with Gasteiger partial charge in [0.15, 0.2) is 5.78 Å². The van der Waals surface area contributed by atoms with Crippen molar-refractivity contribution in [2.45, 2.75) is 41.5 Å². The number of carbonyl (C=O) groups is 1. The maximum atomic E-state index is 13.2. The topological polar surface area (TPSA) is 46.7 Å². The van der Waals surface area contributed by atoms with Gasteiger partial charge in [-0.05, 0) is 52.8 Å². The number of benzene rings is 2. The molecule has 2 aromatic carbocycles. The Morgan fingerprint density at radius 2 is 1.37 bits per heavy atom. The van der Waals surface area contributed by atoms with Crippen LogP contribution in [-0.2, 0) is 4.79 Å². The van der Waals surface area contributed by atoms with Crippen LogP contribution < -0.4 is 4.80 Å². The van der Waals surface area contributed by atoms with E-state index >= 15 is 0 Å². The molecule has 1 aromatic heterocycles. The average Bonchev–Trinajstić information content (AvgIpc) is 3.22. The summed E-state index contributed by atoms with van der Waals surface area (Å²) in [4.78, 5) is 14.0. The van der Waals surface area contributed by atoms with E-state index in [0.717, 1.165) is 37.4 Å². The first-order chi connectivity index (χ1) is 16.4. The summed E-state index contributed by atoms with van der Waals surface area (Å²) >= 11 is 5.06. The number of thiazole rings is 1. The summed E-state index contributed by atoms with van der Waals surface area (Å²) in [5, 5.41) is 11.4. The summed E-state index contributed by atoms with van der Waals surface area (Å²) in [7, 11) is 0. The third-order valence-corrected chi connectivity index (χ3v) is 7.15. The lowest BCUT2D eigenvalue weighted by Crippen LogP contribution is -2.29. The van der Waals surface area contributed by atoms with Crippen LogP contribution in [0.3, 0.4) is 0 Å². The lowest BCUT2D eigenvalue weighted by atomic mass is 9.72. The number of hydrogen-bond donors (Lipinski definition) is 0. The monoisotopic (exact) mass is 547 g/mol. The van der Waals surface area contributed by atoms with Crippen LogP contribution in [0.25, 0.3) is 16.9 Å². The molecule has 4 rings (SSSR count). The van der Waals surface area contributed by atoms with Crippen LogP contribution in [0, 0.1) is 10.8 Å². The van der Waals surface area contributed by atoms with Crippen molar-refractivity contribution < 1.29 is 4.79 Å². The highest BCUT2D eigenvalue weighted by atomic mass is 79.9. The van der Waals surface area contributed by atoms with E-state index < -0.39 is 0 Å². The minimum atomic E-state index is -0.287. The maximum Gasteiger partial charge on any atom is 0.215 e. The van der Waals surface area contributed by atoms with Gasteiger partial charge in [0.1, 0.15) is 0 Å². The Balaban J connectivity index is 1.90. The number of allylic oxidation sites excluding steroid dienone is 4. The van der Waals surface area contributed by atoms with Crippen LogP contribution in [0.2, 0.25) is 0 Å². The van der Waals surface area contributed by atoms with Gasteiger partial charge in [-0.25, -0.2) is 0 Å². The van der Waals surface area contributed by atoms with Crippen molar-refractivity contribution in [1.29, 1.82) is 0 Å². The fraction of sp³-hybridized carbons (Fsp3) is 0.276. The van der Waals surface area contributed by atoms with Gasteiger partial charge in [-0.3, -0.25) is 9.36 Å². The van der Waals surface area contributed by atoms with E-state index in [9.17, 15) is 4.79 Å². The zero-order valence-electron chi connectivity index (χ0n) is 21.0. The second-order valence-electron chi connectivity index (χ2n) is 10.7. The molecule has 1 heterocycles. The van der Waals surface area contributed by atoms with Gasteiger partial charge in [-0.1, -0.05) is 87.8 Å². The number of ketones is 1. The molecule has 3 aromatic rings. The van der Waals surface area contributed by atoms with Crippen LogP contribution in [-0.4, -0.2) is 16.1 Å². The zero-order valence-corrected chi connectivity index (χ0v) is 23.4. The molecule has 0 atom stereocenters. The van der Waals surface area contributed by atoms with Gasteiger partial charge >= 0.3 is 0 Å². The van der Waals surface area contributed by atoms with Gasteiger partial charge in [-0.2, -0.15) is 0 Å². The van der Waals surface area contributed by atoms with Gasteiger partial charge in [0.2, 0.25) is 4.80 Å². The largest absolute Gasteiger partial charge is 0.289 e. The number of para-hydroxylation sites is 1. The third kappa shape index (κ3) is 5.54. The van der Waals surface area contributed by atoms with Gasteiger partial charge in [0.05, 0.1) is 11.4 Å². The third-order valence-electron chi connectivity index (χ3n) is 5.80. The normalized spacial score (nSPS) is 15.2. The highest BCUT2D eigenvalue weighted by Crippen LogP contribution is 2.37. The van der Waals surface area contributed by atoms with E-state index in [1.807, 2.05) is 42.5 Å². The molecule has 0 aliphatic heterocycles. The summed E-state index contributed by atoms with van der Waals surface area (Å²) in [5.41, 5.74) is 4.79. The van der Waals surface area contributed by atoms with Crippen LogP contribution >= 0.6 is 27.3 Å². The molecule has 0 saturated heterocycles. The molecule has 0 fully saturated rings. The Morgan fingerprint density at radius 3 is 1.91 bits per heavy atom. The predicted molar refractivity (Wildman–Crippen MR) is 150 cm³/mol. The number of Topliss-reactive ketones (excluding diaryl/α,β-unsaturated/α-hetero) is 1. The fourth-order valence-corrected chi connectivity index (χ4v) is 5.04. The van der Waals surface area contributed by atoms with Crippen molar-refractivity contribution in [3.63, 3.8) is 0 Å². The highest BCUT2D eigenvalue weighted by Gasteiger charge is 2.34. The first-order valence-electron chi connectivity index (χ1n) is 11.6. The quantitative estimate of drug-likeness (QED) is 0.244. The standard InChI is InChI=1S/C29H30BrN3OS/c1-28(2,3)23-16-21(17-24(26(23)34)29(4,5)6)31-32-27-33(22-10-8-7-9-11-22)25(18-35-27)19-12-14-20(30)15-13-19/h7-18H,1-6H3/b32-27+. The van der Waals surface area contributed by atoms with Gasteiger partial charge in [0.25, 0.3) is 0 Å². The first-order valence-corrected chi connectivity index (χ1v) is 13.2. The van der Waals surface area contributed by atoms with E-state index in [4.69, 9.17) is 0 Å². The molecular formula is C29H30BrN3OS. The Hall–Kier alpha value is -2.83. The van der Waals surface area contributed by atoms with Crippen molar-refractivity contribution in [2.75, 3.05) is 0 Å². The summed E-state index contributed by atoms with van der Waals surface area (Å²) in [6.45, 7) is 12.4. The number of hydrogen-bond acceptors (Lipinski definition) is 4. The molecule has 0 radical (unpaired) electrons. The zero-order chi connectivity index (χ0) is 25.4. The molecule has 6 heteroatoms. The number of halogens is 1. The first kappa shape index (κ1) is 25.3. The minimum absolute atomic E-state index is 0.0944. The second-order valence-corrected chi connectivity index (χ2v) is 12.4. The molecule has 0 bridgehead atoms. The Labute approximate surface area is 219 Å². The molecule has 0 N–H and O–H groups in total. The van der Waals surface area contributed by atoms with Gasteiger partial charge < -0.3 is 0 Å². The number of aromatic nitrogens is 1. The maximum absolute atomic E-state index is 13.2. The van der Waals surface area contributed by atoms with Crippen molar-refractivity contribution in [1.82, 2.24) is 4.57 Å². The van der Waals surface area contributed by atoms with Gasteiger partial charge in [-0.15, -0.1) is 21.5 Å². The van der Waals surface area contributed by atoms with Gasteiger partial charge in [0, 0.05) is 26.7 Å². The number of nitrogens with zero attached hydrogens (tertiary/aromatic N) is 3. The van der Waals surface area contributed by atoms with Crippen molar-refractivity contribution >= 4 is 38.8 Å². The molecular weight excluding hydrogens is 518 g/mol. The van der Waals surface area contributed by atoms with E-state index in [1.54, 1.807) is 11.3 Å². The van der Waals surface area contributed by atoms with E-state index in [0.29, 0.717) is 5.71 Å². The Morgan fingerprint density at radius 1 is 0.800 bits per heavy atom. The summed E-state index contributed by atoms with van der Waals surface area (Å²) < 4.78 is 3.16. The van der Waals surface area contributed by atoms with Crippen molar-refractivity contribution in [2.24, 2.45) is 21.0 Å². The second kappa shape index (κ2) is 9.67. The van der Waals surface area contributed by atoms with Crippen LogP contribution in [0.15, 0.2) is 98.0 Å².